The number of benzene rings is 2. The number of ether oxygens (including phenoxy) is 1. The van der Waals surface area contributed by atoms with Crippen LogP contribution in [0.15, 0.2) is 42.5 Å². The normalized spacial score (nSPS) is 13.1. The predicted octanol–water partition coefficient (Wildman–Crippen LogP) is 3.27. The zero-order valence-corrected chi connectivity index (χ0v) is 12.4. The Morgan fingerprint density at radius 1 is 1.10 bits per heavy atom. The van der Waals surface area contributed by atoms with Crippen molar-refractivity contribution in [2.45, 2.75) is 20.3 Å². The van der Waals surface area contributed by atoms with Crippen molar-refractivity contribution >= 4 is 11.6 Å². The summed E-state index contributed by atoms with van der Waals surface area (Å²) >= 11 is 0. The fourth-order valence-electron chi connectivity index (χ4n) is 2.84. The highest BCUT2D eigenvalue weighted by Gasteiger charge is 2.24. The van der Waals surface area contributed by atoms with Crippen molar-refractivity contribution < 1.29 is 9.53 Å². The number of para-hydroxylation sites is 2. The van der Waals surface area contributed by atoms with E-state index in [1.54, 1.807) is 0 Å². The van der Waals surface area contributed by atoms with E-state index in [0.717, 1.165) is 35.5 Å². The van der Waals surface area contributed by atoms with E-state index in [0.29, 0.717) is 0 Å². The van der Waals surface area contributed by atoms with Gasteiger partial charge < -0.3 is 9.64 Å². The molecule has 0 bridgehead atoms. The van der Waals surface area contributed by atoms with Gasteiger partial charge in [0, 0.05) is 12.2 Å². The summed E-state index contributed by atoms with van der Waals surface area (Å²) in [4.78, 5) is 14.2. The lowest BCUT2D eigenvalue weighted by Gasteiger charge is -2.18. The van der Waals surface area contributed by atoms with Gasteiger partial charge >= 0.3 is 0 Å². The van der Waals surface area contributed by atoms with Crippen LogP contribution in [0.2, 0.25) is 0 Å². The molecule has 1 aliphatic heterocycles. The second-order valence-corrected chi connectivity index (χ2v) is 5.43. The van der Waals surface area contributed by atoms with Crippen LogP contribution < -0.4 is 9.64 Å². The molecule has 2 aromatic rings. The summed E-state index contributed by atoms with van der Waals surface area (Å²) < 4.78 is 5.77. The summed E-state index contributed by atoms with van der Waals surface area (Å²) in [5.74, 6) is 0.834. The fraction of sp³-hybridized carbons (Fsp3) is 0.278. The molecule has 1 heterocycles. The first-order chi connectivity index (χ1) is 10.2. The van der Waals surface area contributed by atoms with Crippen molar-refractivity contribution in [3.63, 3.8) is 0 Å². The van der Waals surface area contributed by atoms with Crippen LogP contribution in [0.4, 0.5) is 5.69 Å². The number of carbonyl (C=O) groups excluding carboxylic acids is 1. The van der Waals surface area contributed by atoms with Crippen molar-refractivity contribution in [1.82, 2.24) is 0 Å². The van der Waals surface area contributed by atoms with Gasteiger partial charge in [-0.1, -0.05) is 36.4 Å². The van der Waals surface area contributed by atoms with E-state index in [-0.39, 0.29) is 12.5 Å². The molecule has 0 aliphatic carbocycles. The Morgan fingerprint density at radius 3 is 2.57 bits per heavy atom. The van der Waals surface area contributed by atoms with E-state index in [9.17, 15) is 4.79 Å². The van der Waals surface area contributed by atoms with Gasteiger partial charge in [0.05, 0.1) is 0 Å². The Kier molecular flexibility index (Phi) is 3.65. The minimum atomic E-state index is 0.0163. The number of hydrogen-bond acceptors (Lipinski definition) is 2. The molecule has 0 saturated carbocycles. The van der Waals surface area contributed by atoms with Gasteiger partial charge in [0.25, 0.3) is 5.91 Å². The Morgan fingerprint density at radius 2 is 1.81 bits per heavy atom. The van der Waals surface area contributed by atoms with Crippen LogP contribution in [0.1, 0.15) is 16.7 Å². The van der Waals surface area contributed by atoms with Crippen LogP contribution >= 0.6 is 0 Å². The van der Waals surface area contributed by atoms with E-state index < -0.39 is 0 Å². The van der Waals surface area contributed by atoms with Crippen molar-refractivity contribution in [2.75, 3.05) is 18.1 Å². The molecule has 0 saturated heterocycles. The van der Waals surface area contributed by atoms with Gasteiger partial charge in [-0.25, -0.2) is 0 Å². The van der Waals surface area contributed by atoms with E-state index in [1.165, 1.54) is 5.56 Å². The summed E-state index contributed by atoms with van der Waals surface area (Å²) in [6.45, 7) is 4.82. The number of hydrogen-bond donors (Lipinski definition) is 0. The molecule has 21 heavy (non-hydrogen) atoms. The lowest BCUT2D eigenvalue weighted by atomic mass is 10.1. The predicted molar refractivity (Wildman–Crippen MR) is 83.9 cm³/mol. The second-order valence-electron chi connectivity index (χ2n) is 5.43. The first-order valence-corrected chi connectivity index (χ1v) is 7.24. The van der Waals surface area contributed by atoms with Gasteiger partial charge in [0.1, 0.15) is 5.75 Å². The van der Waals surface area contributed by atoms with E-state index in [4.69, 9.17) is 4.74 Å². The van der Waals surface area contributed by atoms with E-state index in [1.807, 2.05) is 55.1 Å². The van der Waals surface area contributed by atoms with Crippen LogP contribution in [0.3, 0.4) is 0 Å². The Labute approximate surface area is 125 Å². The number of aryl methyl sites for hydroxylation is 2. The molecular weight excluding hydrogens is 262 g/mol. The molecule has 3 nitrogen and oxygen atoms in total. The van der Waals surface area contributed by atoms with Crippen LogP contribution in [-0.4, -0.2) is 19.1 Å². The van der Waals surface area contributed by atoms with Gasteiger partial charge in [-0.2, -0.15) is 0 Å². The monoisotopic (exact) mass is 281 g/mol. The fourth-order valence-corrected chi connectivity index (χ4v) is 2.84. The molecule has 108 valence electrons. The number of amides is 1. The number of anilines is 1. The molecule has 0 N–H and O–H groups in total. The zero-order valence-electron chi connectivity index (χ0n) is 12.4. The summed E-state index contributed by atoms with van der Waals surface area (Å²) in [6, 6.07) is 14.1. The van der Waals surface area contributed by atoms with Crippen molar-refractivity contribution in [3.05, 3.63) is 59.2 Å². The smallest absolute Gasteiger partial charge is 0.264 e. The Hall–Kier alpha value is -2.29. The van der Waals surface area contributed by atoms with Crippen LogP contribution in [0.25, 0.3) is 0 Å². The lowest BCUT2D eigenvalue weighted by Crippen LogP contribution is -2.33. The number of rotatable bonds is 3. The Balaban J connectivity index is 1.71. The molecule has 0 unspecified atom stereocenters. The molecule has 2 aromatic carbocycles. The van der Waals surface area contributed by atoms with Crippen LogP contribution in [-0.2, 0) is 11.2 Å². The summed E-state index contributed by atoms with van der Waals surface area (Å²) in [5.41, 5.74) is 4.37. The van der Waals surface area contributed by atoms with Crippen molar-refractivity contribution in [1.29, 1.82) is 0 Å². The second kappa shape index (κ2) is 5.60. The molecule has 1 amide bonds. The topological polar surface area (TPSA) is 29.5 Å². The molecule has 0 spiro atoms. The number of fused-ring (bicyclic) bond motifs is 1. The molecule has 1 aliphatic rings. The number of nitrogens with zero attached hydrogens (tertiary/aromatic N) is 1. The van der Waals surface area contributed by atoms with Gasteiger partial charge in [-0.15, -0.1) is 0 Å². The highest BCUT2D eigenvalue weighted by Crippen LogP contribution is 2.28. The largest absolute Gasteiger partial charge is 0.483 e. The zero-order chi connectivity index (χ0) is 14.8. The highest BCUT2D eigenvalue weighted by molar-refractivity contribution is 5.96. The van der Waals surface area contributed by atoms with Crippen LogP contribution in [0.5, 0.6) is 5.75 Å². The maximum atomic E-state index is 12.4. The van der Waals surface area contributed by atoms with Gasteiger partial charge in [-0.3, -0.25) is 4.79 Å². The quantitative estimate of drug-likeness (QED) is 0.864. The highest BCUT2D eigenvalue weighted by atomic mass is 16.5. The Bertz CT molecular complexity index is 658. The van der Waals surface area contributed by atoms with Crippen molar-refractivity contribution in [3.8, 4) is 5.75 Å². The van der Waals surface area contributed by atoms with Crippen LogP contribution in [0, 0.1) is 13.8 Å². The number of carbonyl (C=O) groups is 1. The molecule has 0 radical (unpaired) electrons. The maximum absolute atomic E-state index is 12.4. The van der Waals surface area contributed by atoms with Gasteiger partial charge in [0.2, 0.25) is 0 Å². The lowest BCUT2D eigenvalue weighted by molar-refractivity contribution is -0.120. The van der Waals surface area contributed by atoms with Crippen molar-refractivity contribution in [2.24, 2.45) is 0 Å². The standard InChI is InChI=1S/C18H19NO2/c1-13-6-5-7-14(2)18(13)21-12-17(20)19-11-10-15-8-3-4-9-16(15)19/h3-9H,10-12H2,1-2H3. The average molecular weight is 281 g/mol. The molecule has 3 heteroatoms. The van der Waals surface area contributed by atoms with E-state index >= 15 is 0 Å². The SMILES string of the molecule is Cc1cccc(C)c1OCC(=O)N1CCc2ccccc21. The third-order valence-electron chi connectivity index (χ3n) is 3.94. The molecule has 0 atom stereocenters. The maximum Gasteiger partial charge on any atom is 0.264 e. The third-order valence-corrected chi connectivity index (χ3v) is 3.94. The summed E-state index contributed by atoms with van der Waals surface area (Å²) in [6.07, 6.45) is 0.922. The first-order valence-electron chi connectivity index (χ1n) is 7.24. The molecule has 0 fully saturated rings. The van der Waals surface area contributed by atoms with Gasteiger partial charge in [-0.05, 0) is 43.0 Å². The third kappa shape index (κ3) is 2.64. The molecule has 3 rings (SSSR count). The molecule has 0 aromatic heterocycles. The average Bonchev–Trinajstić information content (AvgIpc) is 2.90. The minimum absolute atomic E-state index is 0.0163. The summed E-state index contributed by atoms with van der Waals surface area (Å²) in [5, 5.41) is 0. The first kappa shape index (κ1) is 13.7. The summed E-state index contributed by atoms with van der Waals surface area (Å²) in [7, 11) is 0. The van der Waals surface area contributed by atoms with E-state index in [2.05, 4.69) is 6.07 Å². The van der Waals surface area contributed by atoms with Gasteiger partial charge in [0.15, 0.2) is 6.61 Å². The minimum Gasteiger partial charge on any atom is -0.483 e. The molecular formula is C18H19NO2.